The van der Waals surface area contributed by atoms with Crippen LogP contribution in [0.25, 0.3) is 10.8 Å². The van der Waals surface area contributed by atoms with E-state index in [1.54, 1.807) is 6.26 Å². The van der Waals surface area contributed by atoms with E-state index in [1.165, 1.54) is 6.20 Å². The molecule has 0 bridgehead atoms. The molecule has 2 unspecified atom stereocenters. The van der Waals surface area contributed by atoms with Crippen molar-refractivity contribution in [3.63, 3.8) is 0 Å². The summed E-state index contributed by atoms with van der Waals surface area (Å²) < 4.78 is 11.3. The average Bonchev–Trinajstić information content (AvgIpc) is 2.47. The highest BCUT2D eigenvalue weighted by atomic mass is 35.5. The van der Waals surface area contributed by atoms with Crippen molar-refractivity contribution >= 4 is 39.1 Å². The molecule has 1 N–H and O–H groups in total. The molecule has 21 heavy (non-hydrogen) atoms. The van der Waals surface area contributed by atoms with Crippen LogP contribution in [0.1, 0.15) is 23.7 Å². The van der Waals surface area contributed by atoms with E-state index in [1.807, 2.05) is 31.2 Å². The Morgan fingerprint density at radius 1 is 1.38 bits per heavy atom. The number of hydrogen-bond acceptors (Lipinski definition) is 3. The molecule has 0 spiro atoms. The minimum atomic E-state index is -0.876. The molecule has 0 radical (unpaired) electrons. The summed E-state index contributed by atoms with van der Waals surface area (Å²) in [5.74, 6) is -0.190. The van der Waals surface area contributed by atoms with Crippen LogP contribution in [0.4, 0.5) is 0 Å². The van der Waals surface area contributed by atoms with Crippen LogP contribution in [0.15, 0.2) is 30.5 Å². The Balaban J connectivity index is 2.13. The molecule has 2 atom stereocenters. The Hall–Kier alpha value is -1.46. The third-order valence-corrected chi connectivity index (χ3v) is 5.06. The number of aromatic nitrogens is 1. The average molecular weight is 325 g/mol. The number of nitrogens with one attached hydrogen (secondary N) is 1. The van der Waals surface area contributed by atoms with Gasteiger partial charge in [-0.15, -0.1) is 0 Å². The molecular weight excluding hydrogens is 308 g/mol. The molecule has 112 valence electrons. The highest BCUT2D eigenvalue weighted by Crippen LogP contribution is 2.24. The van der Waals surface area contributed by atoms with Crippen LogP contribution >= 0.6 is 11.6 Å². The van der Waals surface area contributed by atoms with Gasteiger partial charge in [-0.2, -0.15) is 0 Å². The molecule has 0 aliphatic heterocycles. The van der Waals surface area contributed by atoms with E-state index in [0.29, 0.717) is 23.7 Å². The topological polar surface area (TPSA) is 59.1 Å². The molecular formula is C15H17ClN2O2S. The molecule has 0 fully saturated rings. The Morgan fingerprint density at radius 2 is 2.05 bits per heavy atom. The monoisotopic (exact) mass is 324 g/mol. The Kier molecular flexibility index (Phi) is 5.31. The first-order valence-corrected chi connectivity index (χ1v) is 8.64. The number of carbonyl (C=O) groups is 1. The Morgan fingerprint density at radius 3 is 2.71 bits per heavy atom. The lowest BCUT2D eigenvalue weighted by atomic mass is 10.1. The van der Waals surface area contributed by atoms with E-state index >= 15 is 0 Å². The van der Waals surface area contributed by atoms with Gasteiger partial charge in [-0.1, -0.05) is 42.8 Å². The largest absolute Gasteiger partial charge is 0.352 e. The summed E-state index contributed by atoms with van der Waals surface area (Å²) in [6, 6.07) is 7.40. The van der Waals surface area contributed by atoms with Crippen molar-refractivity contribution in [2.45, 2.75) is 18.6 Å². The number of halogens is 1. The van der Waals surface area contributed by atoms with Gasteiger partial charge in [-0.25, -0.2) is 4.98 Å². The van der Waals surface area contributed by atoms with Crippen molar-refractivity contribution in [3.05, 3.63) is 41.2 Å². The molecule has 0 aliphatic carbocycles. The van der Waals surface area contributed by atoms with Crippen LogP contribution in [-0.2, 0) is 10.8 Å². The maximum atomic E-state index is 12.3. The zero-order valence-corrected chi connectivity index (χ0v) is 13.5. The summed E-state index contributed by atoms with van der Waals surface area (Å²) in [4.78, 5) is 16.3. The SMILES string of the molecule is CC(CCNC(=O)c1cnc(Cl)c2ccccc12)S(C)=O. The van der Waals surface area contributed by atoms with Gasteiger partial charge >= 0.3 is 0 Å². The highest BCUT2D eigenvalue weighted by Gasteiger charge is 2.13. The number of hydrogen-bond donors (Lipinski definition) is 1. The van der Waals surface area contributed by atoms with Crippen molar-refractivity contribution in [1.29, 1.82) is 0 Å². The summed E-state index contributed by atoms with van der Waals surface area (Å²) in [6.07, 6.45) is 3.83. The Labute approximate surface area is 131 Å². The van der Waals surface area contributed by atoms with Gasteiger partial charge in [0, 0.05) is 40.4 Å². The first-order valence-electron chi connectivity index (χ1n) is 6.64. The normalized spacial score (nSPS) is 13.9. The predicted molar refractivity (Wildman–Crippen MR) is 87.2 cm³/mol. The van der Waals surface area contributed by atoms with Crippen LogP contribution in [-0.4, -0.2) is 33.2 Å². The standard InChI is InChI=1S/C15H17ClN2O2S/c1-10(21(2)20)7-8-17-15(19)13-9-18-14(16)12-6-4-3-5-11(12)13/h3-6,9-10H,7-8H2,1-2H3,(H,17,19). The number of fused-ring (bicyclic) bond motifs is 1. The third-order valence-electron chi connectivity index (χ3n) is 3.39. The summed E-state index contributed by atoms with van der Waals surface area (Å²) in [5, 5.41) is 4.83. The molecule has 1 amide bonds. The zero-order chi connectivity index (χ0) is 15.4. The fourth-order valence-corrected chi connectivity index (χ4v) is 2.65. The maximum absolute atomic E-state index is 12.3. The van der Waals surface area contributed by atoms with E-state index in [4.69, 9.17) is 11.6 Å². The quantitative estimate of drug-likeness (QED) is 0.860. The van der Waals surface area contributed by atoms with Gasteiger partial charge in [0.15, 0.2) is 0 Å². The van der Waals surface area contributed by atoms with Gasteiger partial charge in [0.25, 0.3) is 5.91 Å². The van der Waals surface area contributed by atoms with Gasteiger partial charge in [0.05, 0.1) is 5.56 Å². The summed E-state index contributed by atoms with van der Waals surface area (Å²) >= 11 is 6.04. The van der Waals surface area contributed by atoms with E-state index in [2.05, 4.69) is 10.3 Å². The second-order valence-electron chi connectivity index (χ2n) is 4.86. The van der Waals surface area contributed by atoms with Crippen molar-refractivity contribution in [2.24, 2.45) is 0 Å². The van der Waals surface area contributed by atoms with Crippen LogP contribution in [0.5, 0.6) is 0 Å². The molecule has 1 aromatic heterocycles. The van der Waals surface area contributed by atoms with Crippen molar-refractivity contribution < 1.29 is 9.00 Å². The first kappa shape index (κ1) is 15.9. The van der Waals surface area contributed by atoms with E-state index < -0.39 is 10.8 Å². The van der Waals surface area contributed by atoms with Crippen molar-refractivity contribution in [2.75, 3.05) is 12.8 Å². The van der Waals surface area contributed by atoms with Gasteiger partial charge in [-0.3, -0.25) is 9.00 Å². The fourth-order valence-electron chi connectivity index (χ4n) is 1.99. The number of nitrogens with zero attached hydrogens (tertiary/aromatic N) is 1. The van der Waals surface area contributed by atoms with Crippen LogP contribution in [0.3, 0.4) is 0 Å². The Bertz CT molecular complexity index is 690. The van der Waals surface area contributed by atoms with E-state index in [-0.39, 0.29) is 11.2 Å². The summed E-state index contributed by atoms with van der Waals surface area (Å²) in [5.41, 5.74) is 0.500. The minimum Gasteiger partial charge on any atom is -0.352 e. The number of benzene rings is 1. The second kappa shape index (κ2) is 7.00. The fraction of sp³-hybridized carbons (Fsp3) is 0.333. The molecule has 0 saturated carbocycles. The molecule has 1 aromatic carbocycles. The number of rotatable bonds is 5. The molecule has 2 rings (SSSR count). The second-order valence-corrected chi connectivity index (χ2v) is 7.02. The lowest BCUT2D eigenvalue weighted by Gasteiger charge is -2.11. The van der Waals surface area contributed by atoms with Crippen LogP contribution < -0.4 is 5.32 Å². The summed E-state index contributed by atoms with van der Waals surface area (Å²) in [6.45, 7) is 2.39. The lowest BCUT2D eigenvalue weighted by molar-refractivity contribution is 0.0954. The van der Waals surface area contributed by atoms with Crippen LogP contribution in [0.2, 0.25) is 5.15 Å². The third kappa shape index (κ3) is 3.80. The highest BCUT2D eigenvalue weighted by molar-refractivity contribution is 7.84. The van der Waals surface area contributed by atoms with E-state index in [9.17, 15) is 9.00 Å². The molecule has 0 saturated heterocycles. The molecule has 4 nitrogen and oxygen atoms in total. The minimum absolute atomic E-state index is 0.0605. The van der Waals surface area contributed by atoms with Gasteiger partial charge in [0.2, 0.25) is 0 Å². The first-order chi connectivity index (χ1) is 10.0. The number of pyridine rings is 1. The molecule has 2 aromatic rings. The number of amides is 1. The smallest absolute Gasteiger partial charge is 0.253 e. The number of carbonyl (C=O) groups excluding carboxylic acids is 1. The van der Waals surface area contributed by atoms with Crippen molar-refractivity contribution in [1.82, 2.24) is 10.3 Å². The van der Waals surface area contributed by atoms with Gasteiger partial charge in [0.1, 0.15) is 5.15 Å². The predicted octanol–water partition coefficient (Wildman–Crippen LogP) is 2.78. The van der Waals surface area contributed by atoms with Gasteiger partial charge in [-0.05, 0) is 11.8 Å². The van der Waals surface area contributed by atoms with Gasteiger partial charge < -0.3 is 5.32 Å². The molecule has 0 aliphatic rings. The zero-order valence-electron chi connectivity index (χ0n) is 11.9. The molecule has 1 heterocycles. The lowest BCUT2D eigenvalue weighted by Crippen LogP contribution is -2.27. The maximum Gasteiger partial charge on any atom is 0.253 e. The van der Waals surface area contributed by atoms with Crippen LogP contribution in [0, 0.1) is 0 Å². The molecule has 6 heteroatoms. The summed E-state index contributed by atoms with van der Waals surface area (Å²) in [7, 11) is -0.876. The van der Waals surface area contributed by atoms with Crippen molar-refractivity contribution in [3.8, 4) is 0 Å². The van der Waals surface area contributed by atoms with E-state index in [0.717, 1.165) is 10.8 Å².